The van der Waals surface area contributed by atoms with Crippen LogP contribution in [-0.4, -0.2) is 13.1 Å². The zero-order valence-electron chi connectivity index (χ0n) is 5.20. The molecule has 0 amide bonds. The molecule has 0 heterocycles. The van der Waals surface area contributed by atoms with E-state index in [1.807, 2.05) is 0 Å². The maximum Gasteiger partial charge on any atom is -0.00201 e. The highest BCUT2D eigenvalue weighted by Gasteiger charge is 1.76. The molecule has 0 aliphatic carbocycles. The Bertz CT molecular complexity index is 23.4. The van der Waals surface area contributed by atoms with Crippen LogP contribution in [0.1, 0.15) is 20.3 Å². The summed E-state index contributed by atoms with van der Waals surface area (Å²) in [5.74, 6) is 0. The van der Waals surface area contributed by atoms with Crippen molar-refractivity contribution in [3.05, 3.63) is 6.42 Å². The fraction of sp³-hybridized carbons (Fsp3) is 0.833. The summed E-state index contributed by atoms with van der Waals surface area (Å²) in [5, 5.41) is 3.23. The van der Waals surface area contributed by atoms with E-state index in [2.05, 4.69) is 25.6 Å². The van der Waals surface area contributed by atoms with Gasteiger partial charge in [0.1, 0.15) is 0 Å². The van der Waals surface area contributed by atoms with Crippen LogP contribution in [0.15, 0.2) is 0 Å². The van der Waals surface area contributed by atoms with E-state index >= 15 is 0 Å². The molecule has 0 aliphatic heterocycles. The Kier molecular flexibility index (Phi) is 5.93. The van der Waals surface area contributed by atoms with Crippen molar-refractivity contribution in [1.82, 2.24) is 5.32 Å². The van der Waals surface area contributed by atoms with Crippen molar-refractivity contribution >= 4 is 0 Å². The minimum absolute atomic E-state index is 1.05. The fourth-order valence-corrected chi connectivity index (χ4v) is 0.423. The van der Waals surface area contributed by atoms with E-state index in [0.29, 0.717) is 0 Å². The van der Waals surface area contributed by atoms with Gasteiger partial charge in [0.2, 0.25) is 0 Å². The van der Waals surface area contributed by atoms with Crippen LogP contribution in [0.3, 0.4) is 0 Å². The van der Waals surface area contributed by atoms with Gasteiger partial charge >= 0.3 is 0 Å². The molecular formula is C6H14N. The number of hydrogen-bond acceptors (Lipinski definition) is 1. The largest absolute Gasteiger partial charge is 0.316 e. The smallest absolute Gasteiger partial charge is 0.00201 e. The van der Waals surface area contributed by atoms with Gasteiger partial charge in [-0.2, -0.15) is 0 Å². The quantitative estimate of drug-likeness (QED) is 0.524. The van der Waals surface area contributed by atoms with Crippen molar-refractivity contribution < 1.29 is 0 Å². The van der Waals surface area contributed by atoms with Crippen LogP contribution in [0.4, 0.5) is 0 Å². The van der Waals surface area contributed by atoms with E-state index in [9.17, 15) is 0 Å². The monoisotopic (exact) mass is 100 g/mol. The summed E-state index contributed by atoms with van der Waals surface area (Å²) in [6.07, 6.45) is 3.35. The predicted octanol–water partition coefficient (Wildman–Crippen LogP) is 1.21. The lowest BCUT2D eigenvalue weighted by molar-refractivity contribution is 0.711. The van der Waals surface area contributed by atoms with Gasteiger partial charge in [0, 0.05) is 0 Å². The summed E-state index contributed by atoms with van der Waals surface area (Å²) >= 11 is 0. The lowest BCUT2D eigenvalue weighted by Crippen LogP contribution is -2.14. The summed E-state index contributed by atoms with van der Waals surface area (Å²) in [4.78, 5) is 0. The van der Waals surface area contributed by atoms with Crippen molar-refractivity contribution in [3.8, 4) is 0 Å². The molecule has 0 bridgehead atoms. The van der Waals surface area contributed by atoms with Gasteiger partial charge in [-0.05, 0) is 25.9 Å². The molecule has 0 aliphatic rings. The fourth-order valence-electron chi connectivity index (χ4n) is 0.423. The first-order valence-corrected chi connectivity index (χ1v) is 2.90. The molecule has 1 N–H and O–H groups in total. The zero-order valence-corrected chi connectivity index (χ0v) is 5.20. The Balaban J connectivity index is 2.45. The second kappa shape index (κ2) is 5.96. The van der Waals surface area contributed by atoms with Crippen LogP contribution in [-0.2, 0) is 0 Å². The van der Waals surface area contributed by atoms with Crippen LogP contribution < -0.4 is 5.32 Å². The molecule has 0 saturated heterocycles. The van der Waals surface area contributed by atoms with Crippen molar-refractivity contribution in [1.29, 1.82) is 0 Å². The SMILES string of the molecule is C[CH]CNCCC. The van der Waals surface area contributed by atoms with Gasteiger partial charge in [-0.15, -0.1) is 0 Å². The average molecular weight is 100 g/mol. The van der Waals surface area contributed by atoms with E-state index in [1.54, 1.807) is 0 Å². The van der Waals surface area contributed by atoms with Gasteiger partial charge in [-0.25, -0.2) is 0 Å². The highest BCUT2D eigenvalue weighted by Crippen LogP contribution is 1.70. The van der Waals surface area contributed by atoms with Crippen LogP contribution >= 0.6 is 0 Å². The van der Waals surface area contributed by atoms with Crippen molar-refractivity contribution in [2.24, 2.45) is 0 Å². The van der Waals surface area contributed by atoms with Gasteiger partial charge in [-0.3, -0.25) is 0 Å². The van der Waals surface area contributed by atoms with Crippen molar-refractivity contribution in [3.63, 3.8) is 0 Å². The first-order chi connectivity index (χ1) is 3.41. The van der Waals surface area contributed by atoms with Crippen LogP contribution in [0.2, 0.25) is 0 Å². The average Bonchev–Trinajstić information content (AvgIpc) is 1.69. The number of rotatable bonds is 4. The Morgan fingerprint density at radius 3 is 2.71 bits per heavy atom. The topological polar surface area (TPSA) is 12.0 Å². The Hall–Kier alpha value is -0.0400. The summed E-state index contributed by atoms with van der Waals surface area (Å²) in [6, 6.07) is 0. The highest BCUT2D eigenvalue weighted by atomic mass is 14.8. The molecule has 7 heavy (non-hydrogen) atoms. The van der Waals surface area contributed by atoms with Gasteiger partial charge in [0.25, 0.3) is 0 Å². The van der Waals surface area contributed by atoms with E-state index in [0.717, 1.165) is 13.1 Å². The standard InChI is InChI=1S/C6H14N/c1-3-5-7-6-4-2/h3,7H,4-6H2,1-2H3. The molecule has 0 spiro atoms. The number of hydrogen-bond donors (Lipinski definition) is 1. The molecule has 1 heteroatoms. The predicted molar refractivity (Wildman–Crippen MR) is 33.1 cm³/mol. The Morgan fingerprint density at radius 1 is 1.57 bits per heavy atom. The molecule has 0 saturated carbocycles. The number of nitrogens with one attached hydrogen (secondary N) is 1. The van der Waals surface area contributed by atoms with Crippen LogP contribution in [0.25, 0.3) is 0 Å². The van der Waals surface area contributed by atoms with Crippen molar-refractivity contribution in [2.75, 3.05) is 13.1 Å². The zero-order chi connectivity index (χ0) is 5.54. The molecule has 0 aromatic carbocycles. The first kappa shape index (κ1) is 6.96. The third-order valence-corrected chi connectivity index (χ3v) is 0.775. The van der Waals surface area contributed by atoms with Crippen LogP contribution in [0.5, 0.6) is 0 Å². The summed E-state index contributed by atoms with van der Waals surface area (Å²) < 4.78 is 0. The third-order valence-electron chi connectivity index (χ3n) is 0.775. The lowest BCUT2D eigenvalue weighted by Gasteiger charge is -1.95. The van der Waals surface area contributed by atoms with Crippen molar-refractivity contribution in [2.45, 2.75) is 20.3 Å². The normalized spacial score (nSPS) is 9.43. The molecule has 1 radical (unpaired) electrons. The molecule has 0 rings (SSSR count). The third kappa shape index (κ3) is 5.96. The minimum atomic E-state index is 1.05. The van der Waals surface area contributed by atoms with Gasteiger partial charge < -0.3 is 5.32 Å². The van der Waals surface area contributed by atoms with E-state index in [4.69, 9.17) is 0 Å². The summed E-state index contributed by atoms with van der Waals surface area (Å²) in [7, 11) is 0. The van der Waals surface area contributed by atoms with Gasteiger partial charge in [0.15, 0.2) is 0 Å². The minimum Gasteiger partial charge on any atom is -0.316 e. The second-order valence-electron chi connectivity index (χ2n) is 1.61. The van der Waals surface area contributed by atoms with Gasteiger partial charge in [-0.1, -0.05) is 13.8 Å². The Labute approximate surface area is 46.1 Å². The lowest BCUT2D eigenvalue weighted by atomic mass is 10.4. The molecule has 1 nitrogen and oxygen atoms in total. The molecule has 0 fully saturated rings. The first-order valence-electron chi connectivity index (χ1n) is 2.90. The molecule has 0 unspecified atom stereocenters. The maximum atomic E-state index is 3.23. The summed E-state index contributed by atoms with van der Waals surface area (Å²) in [6.45, 7) is 6.42. The highest BCUT2D eigenvalue weighted by molar-refractivity contribution is 4.58. The second-order valence-corrected chi connectivity index (χ2v) is 1.61. The molecule has 43 valence electrons. The molecule has 0 aromatic heterocycles. The van der Waals surface area contributed by atoms with E-state index in [1.165, 1.54) is 6.42 Å². The Morgan fingerprint density at radius 2 is 2.29 bits per heavy atom. The van der Waals surface area contributed by atoms with Crippen LogP contribution in [0, 0.1) is 6.42 Å². The van der Waals surface area contributed by atoms with E-state index < -0.39 is 0 Å². The van der Waals surface area contributed by atoms with E-state index in [-0.39, 0.29) is 0 Å². The molecule has 0 aromatic rings. The molecular weight excluding hydrogens is 86.1 g/mol. The molecule has 0 atom stereocenters. The summed E-state index contributed by atoms with van der Waals surface area (Å²) in [5.41, 5.74) is 0. The maximum absolute atomic E-state index is 3.23. The van der Waals surface area contributed by atoms with Gasteiger partial charge in [0.05, 0.1) is 0 Å².